The number of hydrogen-bond donors (Lipinski definition) is 0. The third kappa shape index (κ3) is 3.71. The molecule has 24 heavy (non-hydrogen) atoms. The van der Waals surface area contributed by atoms with Crippen LogP contribution in [0.5, 0.6) is 5.75 Å². The first-order valence-corrected chi connectivity index (χ1v) is 9.07. The van der Waals surface area contributed by atoms with Crippen molar-refractivity contribution in [3.63, 3.8) is 0 Å². The number of aryl methyl sites for hydroxylation is 1. The molecule has 3 rings (SSSR count). The summed E-state index contributed by atoms with van der Waals surface area (Å²) in [7, 11) is 7.92. The predicted molar refractivity (Wildman–Crippen MR) is 106 cm³/mol. The van der Waals surface area contributed by atoms with Gasteiger partial charge in [-0.15, -0.1) is 8.46 Å². The molecule has 0 N–H and O–H groups in total. The first-order chi connectivity index (χ1) is 11.7. The van der Waals surface area contributed by atoms with Crippen molar-refractivity contribution in [3.8, 4) is 16.9 Å². The highest BCUT2D eigenvalue weighted by atomic mass is 31.1. The molecule has 0 bridgehead atoms. The number of rotatable bonds is 5. The summed E-state index contributed by atoms with van der Waals surface area (Å²) in [4.78, 5) is 0. The van der Waals surface area contributed by atoms with E-state index < -0.39 is 0 Å². The minimum atomic E-state index is 0.325. The zero-order chi connectivity index (χ0) is 16.9. The lowest BCUT2D eigenvalue weighted by atomic mass is 9.94. The first kappa shape index (κ1) is 16.8. The van der Waals surface area contributed by atoms with Crippen LogP contribution >= 0.6 is 8.46 Å². The van der Waals surface area contributed by atoms with Crippen LogP contribution in [-0.4, -0.2) is 14.7 Å². The van der Waals surface area contributed by atoms with Crippen LogP contribution in [-0.2, 0) is 6.42 Å². The Morgan fingerprint density at radius 2 is 1.71 bits per heavy atom. The molecule has 3 heteroatoms. The highest BCUT2D eigenvalue weighted by Gasteiger charge is 2.07. The Morgan fingerprint density at radius 3 is 2.42 bits per heavy atom. The number of benzene rings is 3. The van der Waals surface area contributed by atoms with E-state index >= 15 is 0 Å². The molecule has 1 nitrogen and oxygen atoms in total. The first-order valence-electron chi connectivity index (χ1n) is 7.99. The van der Waals surface area contributed by atoms with E-state index in [0.717, 1.165) is 12.2 Å². The molecule has 0 heterocycles. The van der Waals surface area contributed by atoms with Gasteiger partial charge in [-0.25, -0.2) is 0 Å². The summed E-state index contributed by atoms with van der Waals surface area (Å²) in [5.74, 6) is 0.888. The van der Waals surface area contributed by atoms with Crippen molar-refractivity contribution in [2.24, 2.45) is 0 Å². The normalized spacial score (nSPS) is 11.1. The molecule has 2 radical (unpaired) electrons. The third-order valence-corrected chi connectivity index (χ3v) is 5.12. The highest BCUT2D eigenvalue weighted by Crippen LogP contribution is 2.27. The summed E-state index contributed by atoms with van der Waals surface area (Å²) in [5.41, 5.74) is 6.35. The van der Waals surface area contributed by atoms with Gasteiger partial charge in [0.25, 0.3) is 0 Å². The Hall–Kier alpha value is -2.05. The minimum absolute atomic E-state index is 0.325. The average molecular weight is 330 g/mol. The lowest BCUT2D eigenvalue weighted by molar-refractivity contribution is 0.414. The molecule has 0 aliphatic carbocycles. The van der Waals surface area contributed by atoms with Gasteiger partial charge in [-0.3, -0.25) is 0 Å². The smallest absolute Gasteiger partial charge is 0.118 e. The topological polar surface area (TPSA) is 9.23 Å². The van der Waals surface area contributed by atoms with E-state index in [9.17, 15) is 0 Å². The average Bonchev–Trinajstić information content (AvgIpc) is 2.63. The van der Waals surface area contributed by atoms with Gasteiger partial charge in [-0.1, -0.05) is 48.5 Å². The molecule has 118 valence electrons. The van der Waals surface area contributed by atoms with Gasteiger partial charge in [-0.05, 0) is 64.7 Å². The van der Waals surface area contributed by atoms with Crippen LogP contribution in [0.4, 0.5) is 0 Å². The Kier molecular flexibility index (Phi) is 5.38. The number of methoxy groups -OCH3 is 1. The van der Waals surface area contributed by atoms with Crippen molar-refractivity contribution in [1.29, 1.82) is 0 Å². The van der Waals surface area contributed by atoms with Crippen LogP contribution < -0.4 is 10.0 Å². The molecule has 0 aliphatic heterocycles. The fourth-order valence-corrected chi connectivity index (χ4v) is 3.41. The summed E-state index contributed by atoms with van der Waals surface area (Å²) >= 11 is 0. The minimum Gasteiger partial charge on any atom is -0.497 e. The van der Waals surface area contributed by atoms with Crippen molar-refractivity contribution in [2.75, 3.05) is 7.11 Å². The quantitative estimate of drug-likeness (QED) is 0.489. The lowest BCUT2D eigenvalue weighted by Crippen LogP contribution is -2.01. The van der Waals surface area contributed by atoms with E-state index in [1.807, 2.05) is 12.1 Å². The van der Waals surface area contributed by atoms with Gasteiger partial charge in [0, 0.05) is 0 Å². The van der Waals surface area contributed by atoms with Crippen molar-refractivity contribution in [1.82, 2.24) is 0 Å². The molecule has 1 unspecified atom stereocenters. The molecule has 0 saturated heterocycles. The monoisotopic (exact) mass is 330 g/mol. The van der Waals surface area contributed by atoms with E-state index in [1.54, 1.807) is 7.11 Å². The van der Waals surface area contributed by atoms with E-state index in [2.05, 4.69) is 61.5 Å². The van der Waals surface area contributed by atoms with Crippen molar-refractivity contribution < 1.29 is 4.74 Å². The van der Waals surface area contributed by atoms with Gasteiger partial charge < -0.3 is 4.74 Å². The van der Waals surface area contributed by atoms with Crippen LogP contribution in [0.3, 0.4) is 0 Å². The van der Waals surface area contributed by atoms with Crippen LogP contribution in [0.15, 0.2) is 66.7 Å². The molecule has 0 fully saturated rings. The van der Waals surface area contributed by atoms with Crippen molar-refractivity contribution in [3.05, 3.63) is 83.4 Å². The van der Waals surface area contributed by atoms with Crippen LogP contribution in [0.1, 0.15) is 16.7 Å². The number of ether oxygens (including phenoxy) is 1. The fourth-order valence-electron chi connectivity index (χ4n) is 2.86. The second-order valence-electron chi connectivity index (χ2n) is 5.86. The van der Waals surface area contributed by atoms with E-state index in [0.29, 0.717) is 8.46 Å². The molecule has 3 aromatic carbocycles. The van der Waals surface area contributed by atoms with Crippen molar-refractivity contribution in [2.45, 2.75) is 13.3 Å². The molecule has 0 aromatic heterocycles. The zero-order valence-electron chi connectivity index (χ0n) is 14.0. The summed E-state index contributed by atoms with van der Waals surface area (Å²) in [6.45, 7) is 2.11. The SMILES string of the molecule is [B]Pc1cc(-c2ccccc2Cc2ccc(OC)cc2)ccc1C. The second kappa shape index (κ2) is 7.68. The molecule has 0 spiro atoms. The standard InChI is InChI=1S/C21H20BOP/c1-15-7-10-18(14-21(15)24-22)20-6-4-3-5-17(20)13-16-8-11-19(23-2)12-9-16/h3-12,14,24H,13H2,1-2H3. The Bertz CT molecular complexity index is 827. The van der Waals surface area contributed by atoms with Crippen molar-refractivity contribution >= 4 is 21.3 Å². The van der Waals surface area contributed by atoms with Gasteiger partial charge in [0.15, 0.2) is 0 Å². The molecular weight excluding hydrogens is 310 g/mol. The molecule has 3 aromatic rings. The van der Waals surface area contributed by atoms with E-state index in [-0.39, 0.29) is 0 Å². The summed E-state index contributed by atoms with van der Waals surface area (Å²) in [5, 5.41) is 1.23. The van der Waals surface area contributed by atoms with Gasteiger partial charge >= 0.3 is 0 Å². The molecule has 0 aliphatic rings. The van der Waals surface area contributed by atoms with Gasteiger partial charge in [0.2, 0.25) is 0 Å². The maximum atomic E-state index is 5.90. The Morgan fingerprint density at radius 1 is 0.958 bits per heavy atom. The fraction of sp³-hybridized carbons (Fsp3) is 0.143. The predicted octanol–water partition coefficient (Wildman–Crippen LogP) is 4.65. The maximum Gasteiger partial charge on any atom is 0.118 e. The zero-order valence-corrected chi connectivity index (χ0v) is 15.0. The molecule has 0 saturated carbocycles. The van der Waals surface area contributed by atoms with E-state index in [4.69, 9.17) is 12.3 Å². The Labute approximate surface area is 147 Å². The summed E-state index contributed by atoms with van der Waals surface area (Å²) in [6, 6.07) is 23.4. The summed E-state index contributed by atoms with van der Waals surface area (Å²) in [6.07, 6.45) is 0.897. The molecule has 1 atom stereocenters. The van der Waals surface area contributed by atoms with Crippen LogP contribution in [0.25, 0.3) is 11.1 Å². The summed E-state index contributed by atoms with van der Waals surface area (Å²) < 4.78 is 5.24. The maximum absolute atomic E-state index is 5.90. The third-order valence-electron chi connectivity index (χ3n) is 4.28. The second-order valence-corrected chi connectivity index (χ2v) is 6.68. The van der Waals surface area contributed by atoms with Gasteiger partial charge in [0.05, 0.1) is 7.11 Å². The van der Waals surface area contributed by atoms with Crippen LogP contribution in [0.2, 0.25) is 0 Å². The highest BCUT2D eigenvalue weighted by molar-refractivity contribution is 7.73. The molecule has 0 amide bonds. The Balaban J connectivity index is 1.95. The largest absolute Gasteiger partial charge is 0.497 e. The number of hydrogen-bond acceptors (Lipinski definition) is 1. The lowest BCUT2D eigenvalue weighted by Gasteiger charge is -2.13. The molecular formula is C21H20BOP. The van der Waals surface area contributed by atoms with Gasteiger partial charge in [-0.2, -0.15) is 0 Å². The van der Waals surface area contributed by atoms with Crippen LogP contribution in [0, 0.1) is 6.92 Å². The van der Waals surface area contributed by atoms with Gasteiger partial charge in [0.1, 0.15) is 13.3 Å². The van der Waals surface area contributed by atoms with E-state index in [1.165, 1.54) is 33.1 Å².